The number of fused-ring (bicyclic) bond motifs is 1. The molecule has 0 aliphatic carbocycles. The van der Waals surface area contributed by atoms with Crippen LogP contribution in [-0.4, -0.2) is 57.4 Å². The molecule has 3 amide bonds. The van der Waals surface area contributed by atoms with Gasteiger partial charge in [0.2, 0.25) is 17.6 Å². The number of carbonyl (C=O) groups is 3. The molecule has 9 heteroatoms. The summed E-state index contributed by atoms with van der Waals surface area (Å²) >= 11 is 0. The number of ether oxygens (including phenoxy) is 1. The maximum absolute atomic E-state index is 13.0. The number of methoxy groups -OCH3 is 1. The number of hydrogen-bond acceptors (Lipinski definition) is 7. The molecule has 2 aromatic carbocycles. The van der Waals surface area contributed by atoms with E-state index in [9.17, 15) is 14.4 Å². The lowest BCUT2D eigenvalue weighted by Crippen LogP contribution is -2.39. The monoisotopic (exact) mass is 448 g/mol. The Morgan fingerprint density at radius 3 is 2.27 bits per heavy atom. The predicted octanol–water partition coefficient (Wildman–Crippen LogP) is 3.17. The number of rotatable bonds is 8. The summed E-state index contributed by atoms with van der Waals surface area (Å²) in [5.41, 5.74) is 1.50. The summed E-state index contributed by atoms with van der Waals surface area (Å²) in [5.74, 6) is 0.461. The van der Waals surface area contributed by atoms with E-state index in [4.69, 9.17) is 9.26 Å². The van der Waals surface area contributed by atoms with E-state index >= 15 is 0 Å². The van der Waals surface area contributed by atoms with Gasteiger partial charge >= 0.3 is 0 Å². The van der Waals surface area contributed by atoms with Gasteiger partial charge in [-0.15, -0.1) is 0 Å². The average molecular weight is 448 g/mol. The zero-order chi connectivity index (χ0) is 23.5. The van der Waals surface area contributed by atoms with Crippen LogP contribution in [0.2, 0.25) is 0 Å². The first-order valence-electron chi connectivity index (χ1n) is 10.6. The highest BCUT2D eigenvalue weighted by molar-refractivity contribution is 6.21. The van der Waals surface area contributed by atoms with Crippen LogP contribution in [0.1, 0.15) is 46.9 Å². The van der Waals surface area contributed by atoms with Gasteiger partial charge in [-0.05, 0) is 50.2 Å². The summed E-state index contributed by atoms with van der Waals surface area (Å²) in [5, 5.41) is 4.00. The first kappa shape index (κ1) is 22.2. The van der Waals surface area contributed by atoms with Gasteiger partial charge < -0.3 is 14.2 Å². The number of imide groups is 1. The van der Waals surface area contributed by atoms with Gasteiger partial charge in [-0.1, -0.05) is 17.3 Å². The van der Waals surface area contributed by atoms with Crippen LogP contribution in [0.25, 0.3) is 11.4 Å². The van der Waals surface area contributed by atoms with Crippen LogP contribution >= 0.6 is 0 Å². The number of aromatic nitrogens is 2. The minimum Gasteiger partial charge on any atom is -0.497 e. The van der Waals surface area contributed by atoms with E-state index in [1.54, 1.807) is 48.4 Å². The molecule has 0 spiro atoms. The zero-order valence-electron chi connectivity index (χ0n) is 18.6. The molecular formula is C24H24N4O5. The Balaban J connectivity index is 1.41. The smallest absolute Gasteiger partial charge is 0.261 e. The molecular weight excluding hydrogens is 424 g/mol. The van der Waals surface area contributed by atoms with Crippen LogP contribution in [-0.2, 0) is 11.3 Å². The molecule has 1 aliphatic rings. The highest BCUT2D eigenvalue weighted by Gasteiger charge is 2.35. The summed E-state index contributed by atoms with van der Waals surface area (Å²) in [6, 6.07) is 13.8. The van der Waals surface area contributed by atoms with Crippen LogP contribution in [0, 0.1) is 0 Å². The first-order chi connectivity index (χ1) is 15.9. The average Bonchev–Trinajstić information content (AvgIpc) is 3.39. The fourth-order valence-corrected chi connectivity index (χ4v) is 3.67. The van der Waals surface area contributed by atoms with Crippen molar-refractivity contribution in [1.29, 1.82) is 0 Å². The maximum Gasteiger partial charge on any atom is 0.261 e. The third-order valence-corrected chi connectivity index (χ3v) is 5.49. The summed E-state index contributed by atoms with van der Waals surface area (Å²) < 4.78 is 10.5. The molecule has 0 unspecified atom stereocenters. The highest BCUT2D eigenvalue weighted by atomic mass is 16.5. The van der Waals surface area contributed by atoms with Gasteiger partial charge in [0.1, 0.15) is 12.3 Å². The quantitative estimate of drug-likeness (QED) is 0.487. The zero-order valence-corrected chi connectivity index (χ0v) is 18.6. The van der Waals surface area contributed by atoms with Crippen molar-refractivity contribution in [2.75, 3.05) is 13.7 Å². The fraction of sp³-hybridized carbons (Fsp3) is 0.292. The van der Waals surface area contributed by atoms with Crippen molar-refractivity contribution in [3.05, 3.63) is 65.5 Å². The van der Waals surface area contributed by atoms with E-state index in [-0.39, 0.29) is 43.3 Å². The fourth-order valence-electron chi connectivity index (χ4n) is 3.67. The Bertz CT molecular complexity index is 1150. The van der Waals surface area contributed by atoms with E-state index in [1.165, 1.54) is 0 Å². The lowest BCUT2D eigenvalue weighted by Gasteiger charge is -2.26. The van der Waals surface area contributed by atoms with E-state index < -0.39 is 0 Å². The second kappa shape index (κ2) is 9.23. The molecule has 4 rings (SSSR count). The summed E-state index contributed by atoms with van der Waals surface area (Å²) in [4.78, 5) is 45.1. The van der Waals surface area contributed by atoms with Gasteiger partial charge in [-0.25, -0.2) is 0 Å². The van der Waals surface area contributed by atoms with Crippen molar-refractivity contribution in [2.45, 2.75) is 32.9 Å². The molecule has 2 heterocycles. The molecule has 9 nitrogen and oxygen atoms in total. The molecule has 3 aromatic rings. The van der Waals surface area contributed by atoms with Gasteiger partial charge in [-0.3, -0.25) is 19.3 Å². The summed E-state index contributed by atoms with van der Waals surface area (Å²) in [7, 11) is 1.59. The van der Waals surface area contributed by atoms with Crippen LogP contribution in [0.4, 0.5) is 0 Å². The normalized spacial score (nSPS) is 12.9. The van der Waals surface area contributed by atoms with Crippen LogP contribution in [0.15, 0.2) is 53.1 Å². The molecule has 1 aliphatic heterocycles. The lowest BCUT2D eigenvalue weighted by atomic mass is 10.1. The van der Waals surface area contributed by atoms with Gasteiger partial charge in [-0.2, -0.15) is 4.98 Å². The Morgan fingerprint density at radius 2 is 1.70 bits per heavy atom. The maximum atomic E-state index is 13.0. The molecule has 0 N–H and O–H groups in total. The number of nitrogens with zero attached hydrogens (tertiary/aromatic N) is 4. The topological polar surface area (TPSA) is 106 Å². The SMILES string of the molecule is COc1ccc(-c2noc(CN(C(=O)CCN3C(=O)c4ccccc4C3=O)C(C)C)n2)cc1. The standard InChI is InChI=1S/C24H24N4O5/c1-15(2)28(14-20-25-22(26-33-20)16-8-10-17(32-3)11-9-16)21(29)12-13-27-23(30)18-6-4-5-7-19(18)24(27)31/h4-11,15H,12-14H2,1-3H3. The van der Waals surface area contributed by atoms with E-state index in [1.807, 2.05) is 26.0 Å². The highest BCUT2D eigenvalue weighted by Crippen LogP contribution is 2.23. The van der Waals surface area contributed by atoms with Crippen LogP contribution < -0.4 is 4.74 Å². The van der Waals surface area contributed by atoms with Crippen molar-refractivity contribution >= 4 is 17.7 Å². The molecule has 33 heavy (non-hydrogen) atoms. The Kier molecular flexibility index (Phi) is 6.21. The second-order valence-electron chi connectivity index (χ2n) is 7.91. The van der Waals surface area contributed by atoms with Crippen molar-refractivity contribution in [3.8, 4) is 17.1 Å². The molecule has 170 valence electrons. The molecule has 0 radical (unpaired) electrons. The van der Waals surface area contributed by atoms with E-state index in [0.717, 1.165) is 16.2 Å². The number of hydrogen-bond donors (Lipinski definition) is 0. The van der Waals surface area contributed by atoms with E-state index in [2.05, 4.69) is 10.1 Å². The summed E-state index contributed by atoms with van der Waals surface area (Å²) in [6.07, 6.45) is 0.00310. The Hall–Kier alpha value is -4.01. The number of amides is 3. The van der Waals surface area contributed by atoms with Gasteiger partial charge in [0.25, 0.3) is 11.8 Å². The molecule has 0 atom stereocenters. The van der Waals surface area contributed by atoms with Crippen molar-refractivity contribution < 1.29 is 23.6 Å². The first-order valence-corrected chi connectivity index (χ1v) is 10.6. The van der Waals surface area contributed by atoms with Crippen LogP contribution in [0.5, 0.6) is 5.75 Å². The lowest BCUT2D eigenvalue weighted by molar-refractivity contribution is -0.134. The summed E-state index contributed by atoms with van der Waals surface area (Å²) in [6.45, 7) is 3.89. The Labute approximate surface area is 190 Å². The number of benzene rings is 2. The minimum atomic E-state index is -0.375. The Morgan fingerprint density at radius 1 is 1.06 bits per heavy atom. The van der Waals surface area contributed by atoms with Gasteiger partial charge in [0.05, 0.1) is 18.2 Å². The number of carbonyl (C=O) groups excluding carboxylic acids is 3. The predicted molar refractivity (Wildman–Crippen MR) is 118 cm³/mol. The van der Waals surface area contributed by atoms with Gasteiger partial charge in [0.15, 0.2) is 0 Å². The van der Waals surface area contributed by atoms with Gasteiger partial charge in [0, 0.05) is 24.6 Å². The molecule has 0 fully saturated rings. The van der Waals surface area contributed by atoms with E-state index in [0.29, 0.717) is 22.8 Å². The molecule has 0 saturated heterocycles. The van der Waals surface area contributed by atoms with Crippen molar-refractivity contribution in [3.63, 3.8) is 0 Å². The minimum absolute atomic E-state index is 0.00310. The third-order valence-electron chi connectivity index (χ3n) is 5.49. The molecule has 0 saturated carbocycles. The second-order valence-corrected chi connectivity index (χ2v) is 7.91. The molecule has 1 aromatic heterocycles. The van der Waals surface area contributed by atoms with Crippen LogP contribution in [0.3, 0.4) is 0 Å². The third kappa shape index (κ3) is 4.48. The van der Waals surface area contributed by atoms with Crippen molar-refractivity contribution in [1.82, 2.24) is 19.9 Å². The van der Waals surface area contributed by atoms with Crippen molar-refractivity contribution in [2.24, 2.45) is 0 Å². The largest absolute Gasteiger partial charge is 0.497 e. The molecule has 0 bridgehead atoms.